The highest BCUT2D eigenvalue weighted by atomic mass is 32.7. The summed E-state index contributed by atoms with van der Waals surface area (Å²) in [6.45, 7) is -2.97. The average molecular weight is 912 g/mol. The third-order valence-corrected chi connectivity index (χ3v) is 12.1. The van der Waals surface area contributed by atoms with Crippen LogP contribution in [0.2, 0.25) is 0 Å². The predicted octanol–water partition coefficient (Wildman–Crippen LogP) is -0.342. The van der Waals surface area contributed by atoms with E-state index >= 15 is 8.78 Å². The van der Waals surface area contributed by atoms with Crippen LogP contribution in [0.3, 0.4) is 0 Å². The first-order chi connectivity index (χ1) is 28.2. The molecule has 9 N–H and O–H groups in total. The highest BCUT2D eigenvalue weighted by molar-refractivity contribution is 8.44. The number of nitrogens with two attached hydrogens (primary N) is 2. The molecule has 0 radical (unpaired) electrons. The molecule has 0 saturated carbocycles. The largest absolute Gasteiger partial charge is 0.472 e. The number of phosphoric ester groups is 1. The number of rotatable bonds is 11. The first-order valence-corrected chi connectivity index (χ1v) is 22.2. The highest BCUT2D eigenvalue weighted by Crippen LogP contribution is 2.58. The lowest BCUT2D eigenvalue weighted by Gasteiger charge is -2.27. The van der Waals surface area contributed by atoms with Gasteiger partial charge in [-0.2, -0.15) is 0 Å². The summed E-state index contributed by atoms with van der Waals surface area (Å²) in [5.41, 5.74) is 8.99. The molecule has 6 rings (SSSR count). The van der Waals surface area contributed by atoms with Crippen LogP contribution in [0.15, 0.2) is 34.5 Å². The van der Waals surface area contributed by atoms with Crippen LogP contribution >= 0.6 is 26.9 Å². The van der Waals surface area contributed by atoms with Crippen LogP contribution in [0.25, 0.3) is 11.2 Å². The monoisotopic (exact) mass is 911 g/mol. The van der Waals surface area contributed by atoms with Gasteiger partial charge in [-0.3, -0.25) is 46.6 Å². The van der Waals surface area contributed by atoms with Crippen molar-refractivity contribution < 1.29 is 64.8 Å². The van der Waals surface area contributed by atoms with E-state index < -0.39 is 118 Å². The molecule has 0 bridgehead atoms. The predicted molar refractivity (Wildman–Crippen MR) is 203 cm³/mol. The molecule has 0 aliphatic carbocycles. The van der Waals surface area contributed by atoms with E-state index in [2.05, 4.69) is 43.2 Å². The van der Waals surface area contributed by atoms with Crippen molar-refractivity contribution in [3.63, 3.8) is 0 Å². The van der Waals surface area contributed by atoms with Gasteiger partial charge in [-0.15, -0.1) is 0 Å². The number of amides is 4. The van der Waals surface area contributed by atoms with Gasteiger partial charge in [0.2, 0.25) is 11.8 Å². The van der Waals surface area contributed by atoms with Crippen molar-refractivity contribution in [1.29, 1.82) is 0 Å². The molecule has 25 nitrogen and oxygen atoms in total. The number of fused-ring (bicyclic) bond motifs is 3. The minimum Gasteiger partial charge on any atom is -0.352 e. The van der Waals surface area contributed by atoms with Gasteiger partial charge in [0.1, 0.15) is 36.8 Å². The Balaban J connectivity index is 1.21. The summed E-state index contributed by atoms with van der Waals surface area (Å²) in [6, 6.07) is -2.02. The van der Waals surface area contributed by atoms with Gasteiger partial charge in [0.05, 0.1) is 25.6 Å². The van der Waals surface area contributed by atoms with Crippen molar-refractivity contribution in [2.75, 3.05) is 25.1 Å². The first kappa shape index (κ1) is 45.3. The third kappa shape index (κ3) is 10.3. The van der Waals surface area contributed by atoms with E-state index in [1.165, 1.54) is 0 Å². The lowest BCUT2D eigenvalue weighted by atomic mass is 10.0. The molecule has 3 aromatic rings. The Kier molecular flexibility index (Phi) is 13.9. The number of halogens is 2. The number of H-pyrrole nitrogens is 1. The van der Waals surface area contributed by atoms with E-state index in [1.54, 1.807) is 13.8 Å². The SMILES string of the molecule is CC(C)C(N)C(=O)NC(CCCNC(N)=O)C(=O)Nc1ncnc2c1ncn2[C@@H]1O[C@@H]2COP(=O)(S)O[C@H]3[C@@H](F)[C@H](n4ccc(=O)[nH]c4=O)O[C@@H]3COP(=O)(O)O[C@H]2[C@H]1F. The minimum atomic E-state index is -5.28. The number of hydrogen-bond acceptors (Lipinski definition) is 17. The number of alkyl halides is 2. The summed E-state index contributed by atoms with van der Waals surface area (Å²) in [5, 5.41) is 7.52. The second kappa shape index (κ2) is 18.4. The summed E-state index contributed by atoms with van der Waals surface area (Å²) in [5.74, 6) is -1.83. The number of nitrogens with zero attached hydrogens (tertiary/aromatic N) is 5. The Bertz CT molecular complexity index is 2310. The van der Waals surface area contributed by atoms with Gasteiger partial charge in [-0.05, 0) is 18.8 Å². The second-order valence-electron chi connectivity index (χ2n) is 14.0. The number of primary amides is 1. The number of phosphoric acid groups is 1. The van der Waals surface area contributed by atoms with Crippen LogP contribution in [0.4, 0.5) is 19.4 Å². The Morgan fingerprint density at radius 3 is 2.32 bits per heavy atom. The number of hydrogen-bond donors (Lipinski definition) is 8. The maximum absolute atomic E-state index is 16.4. The number of nitrogens with one attached hydrogen (secondary N) is 4. The van der Waals surface area contributed by atoms with Crippen molar-refractivity contribution in [3.8, 4) is 0 Å². The number of imidazole rings is 1. The zero-order valence-corrected chi connectivity index (χ0v) is 34.1. The molecule has 4 unspecified atom stereocenters. The van der Waals surface area contributed by atoms with Crippen LogP contribution in [0, 0.1) is 5.92 Å². The minimum absolute atomic E-state index is 0.0274. The summed E-state index contributed by atoms with van der Waals surface area (Å²) < 4.78 is 92.8. The maximum atomic E-state index is 16.4. The highest BCUT2D eigenvalue weighted by Gasteiger charge is 2.54. The van der Waals surface area contributed by atoms with Crippen LogP contribution < -0.4 is 38.7 Å². The maximum Gasteiger partial charge on any atom is 0.472 e. The molecular weight excluding hydrogens is 870 g/mol. The number of aromatic amines is 1. The molecular formula is C30H41F2N11O14P2S. The number of aromatic nitrogens is 6. The van der Waals surface area contributed by atoms with E-state index in [0.29, 0.717) is 4.57 Å². The number of carbonyl (C=O) groups is 3. The van der Waals surface area contributed by atoms with Crippen LogP contribution in [0.5, 0.6) is 0 Å². The van der Waals surface area contributed by atoms with Gasteiger partial charge in [-0.25, -0.2) is 42.5 Å². The topological polar surface area (TPSA) is 348 Å². The first-order valence-electron chi connectivity index (χ1n) is 18.0. The van der Waals surface area contributed by atoms with E-state index in [-0.39, 0.29) is 42.3 Å². The normalized spacial score (nSPS) is 31.9. The fourth-order valence-electron chi connectivity index (χ4n) is 6.38. The quantitative estimate of drug-likeness (QED) is 0.0693. The molecule has 3 fully saturated rings. The number of carbonyl (C=O) groups excluding carboxylic acids is 3. The summed E-state index contributed by atoms with van der Waals surface area (Å²) in [6.07, 6.45) is -12.2. The third-order valence-electron chi connectivity index (χ3n) is 9.47. The molecule has 0 spiro atoms. The molecule has 330 valence electrons. The lowest BCUT2D eigenvalue weighted by Crippen LogP contribution is -2.51. The Labute approximate surface area is 341 Å². The number of urea groups is 1. The Morgan fingerprint density at radius 2 is 1.67 bits per heavy atom. The Morgan fingerprint density at radius 1 is 1.02 bits per heavy atom. The zero-order valence-electron chi connectivity index (χ0n) is 31.4. The summed E-state index contributed by atoms with van der Waals surface area (Å²) in [4.78, 5) is 86.3. The van der Waals surface area contributed by atoms with Gasteiger partial charge in [0.25, 0.3) is 5.56 Å². The van der Waals surface area contributed by atoms with Crippen molar-refractivity contribution >= 4 is 61.7 Å². The molecule has 12 atom stereocenters. The molecule has 6 heterocycles. The number of anilines is 1. The van der Waals surface area contributed by atoms with Crippen LogP contribution in [-0.4, -0.2) is 120 Å². The fraction of sp³-hybridized carbons (Fsp3) is 0.600. The van der Waals surface area contributed by atoms with Gasteiger partial charge in [0.15, 0.2) is 41.8 Å². The molecule has 30 heteroatoms. The van der Waals surface area contributed by atoms with Crippen molar-refractivity contribution in [3.05, 3.63) is 45.8 Å². The average Bonchev–Trinajstić information content (AvgIpc) is 3.83. The molecule has 0 aromatic carbocycles. The van der Waals surface area contributed by atoms with Crippen molar-refractivity contribution in [1.82, 2.24) is 39.7 Å². The van der Waals surface area contributed by atoms with Gasteiger partial charge < -0.3 is 41.8 Å². The van der Waals surface area contributed by atoms with Crippen LogP contribution in [-0.2, 0) is 46.3 Å². The number of thiol groups is 1. The van der Waals surface area contributed by atoms with Crippen molar-refractivity contribution in [2.24, 2.45) is 17.4 Å². The standard InChI is InChI=1S/C30H41F2N11O14P2S/c1-12(2)19(33)26(46)39-13(4-3-6-35-29(34)47)25(45)41-23-20-24(37-10-36-23)43(11-38-20)28-17(31)21-15(55-28)9-53-59(51,60)57-22-14(8-52-58(49,50)56-21)54-27(18(22)32)42-7-5-16(44)40-30(42)48/h5,7,10-15,17-19,21-22,27-28H,3-4,6,8-9,33H2,1-2H3,(H,39,46)(H,49,50)(H,51,60)(H3,34,35,47)(H,40,44,48)(H,36,37,41,45)/t13?,14-,15-,17-,18-,19?,21-,22-,27-,28-,59?/m1/s1. The smallest absolute Gasteiger partial charge is 0.352 e. The van der Waals surface area contributed by atoms with Gasteiger partial charge in [0, 0.05) is 18.8 Å². The lowest BCUT2D eigenvalue weighted by molar-refractivity contribution is -0.128. The molecule has 3 aromatic heterocycles. The molecule has 3 saturated heterocycles. The Hall–Kier alpha value is -4.21. The van der Waals surface area contributed by atoms with Gasteiger partial charge >= 0.3 is 26.3 Å². The number of ether oxygens (including phenoxy) is 2. The van der Waals surface area contributed by atoms with Crippen LogP contribution in [0.1, 0.15) is 39.1 Å². The molecule has 3 aliphatic heterocycles. The molecule has 60 heavy (non-hydrogen) atoms. The van der Waals surface area contributed by atoms with E-state index in [0.717, 1.165) is 29.5 Å². The van der Waals surface area contributed by atoms with Crippen molar-refractivity contribution in [2.45, 2.75) is 88.0 Å². The summed E-state index contributed by atoms with van der Waals surface area (Å²) in [7, 11) is -5.28. The fourth-order valence-corrected chi connectivity index (χ4v) is 8.82. The second-order valence-corrected chi connectivity index (χ2v) is 18.3. The summed E-state index contributed by atoms with van der Waals surface area (Å²) >= 11 is 3.91. The molecule has 4 amide bonds. The van der Waals surface area contributed by atoms with Gasteiger partial charge in [-0.1, -0.05) is 26.1 Å². The van der Waals surface area contributed by atoms with E-state index in [1.807, 2.05) is 4.98 Å². The van der Waals surface area contributed by atoms with E-state index in [4.69, 9.17) is 39.0 Å². The van der Waals surface area contributed by atoms with E-state index in [9.17, 15) is 38.0 Å². The zero-order chi connectivity index (χ0) is 43.7. The molecule has 3 aliphatic rings.